The summed E-state index contributed by atoms with van der Waals surface area (Å²) in [6.45, 7) is 2.65. The molecule has 5 nitrogen and oxygen atoms in total. The van der Waals surface area contributed by atoms with Crippen LogP contribution in [0.1, 0.15) is 24.8 Å². The third kappa shape index (κ3) is 6.99. The zero-order valence-electron chi connectivity index (χ0n) is 12.3. The lowest BCUT2D eigenvalue weighted by molar-refractivity contribution is -0.140. The van der Waals surface area contributed by atoms with Gasteiger partial charge < -0.3 is 14.8 Å². The average molecular weight is 314 g/mol. The van der Waals surface area contributed by atoms with Crippen molar-refractivity contribution in [1.82, 2.24) is 5.32 Å². The summed E-state index contributed by atoms with van der Waals surface area (Å²) in [5, 5.41) is 3.35. The van der Waals surface area contributed by atoms with Crippen molar-refractivity contribution in [1.29, 1.82) is 0 Å². The van der Waals surface area contributed by atoms with Crippen LogP contribution in [-0.2, 0) is 14.3 Å². The second kappa shape index (κ2) is 9.23. The summed E-state index contributed by atoms with van der Waals surface area (Å²) >= 11 is 5.92. The van der Waals surface area contributed by atoms with Crippen molar-refractivity contribution < 1.29 is 19.1 Å². The Morgan fingerprint density at radius 1 is 1.29 bits per heavy atom. The number of benzene rings is 1. The van der Waals surface area contributed by atoms with Gasteiger partial charge in [-0.1, -0.05) is 11.6 Å². The van der Waals surface area contributed by atoms with Gasteiger partial charge in [0.2, 0.25) is 5.91 Å². The second-order valence-corrected chi connectivity index (χ2v) is 4.95. The lowest BCUT2D eigenvalue weighted by atomic mass is 10.2. The fourth-order valence-electron chi connectivity index (χ4n) is 1.62. The molecule has 1 N–H and O–H groups in total. The van der Waals surface area contributed by atoms with Gasteiger partial charge in [-0.25, -0.2) is 0 Å². The predicted octanol–water partition coefficient (Wildman–Crippen LogP) is 2.49. The third-order valence-corrected chi connectivity index (χ3v) is 3.25. The highest BCUT2D eigenvalue weighted by molar-refractivity contribution is 6.31. The Balaban J connectivity index is 2.14. The largest absolute Gasteiger partial charge is 0.494 e. The van der Waals surface area contributed by atoms with Gasteiger partial charge in [0.25, 0.3) is 0 Å². The molecule has 0 aliphatic rings. The van der Waals surface area contributed by atoms with Gasteiger partial charge in [-0.05, 0) is 37.1 Å². The summed E-state index contributed by atoms with van der Waals surface area (Å²) in [4.78, 5) is 22.3. The topological polar surface area (TPSA) is 64.6 Å². The molecule has 0 radical (unpaired) electrons. The van der Waals surface area contributed by atoms with Crippen molar-refractivity contribution in [3.05, 3.63) is 28.8 Å². The minimum absolute atomic E-state index is 0.102. The minimum atomic E-state index is -0.336. The number of ether oxygens (including phenoxy) is 2. The molecule has 0 saturated carbocycles. The summed E-state index contributed by atoms with van der Waals surface area (Å²) in [7, 11) is 1.32. The van der Waals surface area contributed by atoms with E-state index in [2.05, 4.69) is 10.1 Å². The van der Waals surface area contributed by atoms with E-state index < -0.39 is 0 Å². The third-order valence-electron chi connectivity index (χ3n) is 2.83. The molecular formula is C15H20ClNO4. The molecule has 1 amide bonds. The average Bonchev–Trinajstić information content (AvgIpc) is 2.47. The van der Waals surface area contributed by atoms with E-state index in [-0.39, 0.29) is 18.3 Å². The SMILES string of the molecule is COC(=O)CCNC(=O)CCCOc1ccc(Cl)c(C)c1. The number of aryl methyl sites for hydroxylation is 1. The van der Waals surface area contributed by atoms with Gasteiger partial charge in [0.1, 0.15) is 5.75 Å². The normalized spacial score (nSPS) is 10.0. The number of carbonyl (C=O) groups is 2. The number of carbonyl (C=O) groups excluding carboxylic acids is 2. The van der Waals surface area contributed by atoms with Crippen molar-refractivity contribution >= 4 is 23.5 Å². The monoisotopic (exact) mass is 313 g/mol. The molecule has 0 aromatic heterocycles. The van der Waals surface area contributed by atoms with Crippen molar-refractivity contribution in [2.45, 2.75) is 26.2 Å². The fraction of sp³-hybridized carbons (Fsp3) is 0.467. The summed E-state index contributed by atoms with van der Waals surface area (Å²) in [6.07, 6.45) is 1.14. The smallest absolute Gasteiger partial charge is 0.307 e. The molecule has 0 atom stereocenters. The summed E-state index contributed by atoms with van der Waals surface area (Å²) in [5.41, 5.74) is 0.953. The van der Waals surface area contributed by atoms with E-state index in [1.807, 2.05) is 13.0 Å². The Hall–Kier alpha value is -1.75. The summed E-state index contributed by atoms with van der Waals surface area (Å²) in [6, 6.07) is 5.44. The number of nitrogens with one attached hydrogen (secondary N) is 1. The quantitative estimate of drug-likeness (QED) is 0.591. The maximum absolute atomic E-state index is 11.5. The van der Waals surface area contributed by atoms with E-state index in [0.717, 1.165) is 11.3 Å². The molecule has 116 valence electrons. The van der Waals surface area contributed by atoms with Crippen LogP contribution < -0.4 is 10.1 Å². The molecule has 0 saturated heterocycles. The van der Waals surface area contributed by atoms with Crippen molar-refractivity contribution in [2.24, 2.45) is 0 Å². The Labute approximate surface area is 129 Å². The molecule has 0 aliphatic heterocycles. The molecule has 1 aromatic rings. The maximum Gasteiger partial charge on any atom is 0.307 e. The zero-order chi connectivity index (χ0) is 15.7. The van der Waals surface area contributed by atoms with Crippen molar-refractivity contribution in [3.63, 3.8) is 0 Å². The molecule has 0 unspecified atom stereocenters. The Morgan fingerprint density at radius 2 is 2.05 bits per heavy atom. The van der Waals surface area contributed by atoms with Crippen LogP contribution in [0.2, 0.25) is 5.02 Å². The molecule has 0 bridgehead atoms. The molecule has 0 spiro atoms. The van der Waals surface area contributed by atoms with E-state index in [4.69, 9.17) is 16.3 Å². The van der Waals surface area contributed by atoms with Gasteiger partial charge in [0, 0.05) is 18.0 Å². The highest BCUT2D eigenvalue weighted by Gasteiger charge is 2.04. The molecule has 21 heavy (non-hydrogen) atoms. The number of amides is 1. The van der Waals surface area contributed by atoms with Gasteiger partial charge in [0.15, 0.2) is 0 Å². The number of hydrogen-bond acceptors (Lipinski definition) is 4. The molecule has 1 rings (SSSR count). The van der Waals surface area contributed by atoms with Crippen molar-refractivity contribution in [3.8, 4) is 5.75 Å². The predicted molar refractivity (Wildman–Crippen MR) is 80.6 cm³/mol. The number of hydrogen-bond donors (Lipinski definition) is 1. The highest BCUT2D eigenvalue weighted by Crippen LogP contribution is 2.21. The number of methoxy groups -OCH3 is 1. The Bertz CT molecular complexity index is 491. The molecule has 0 fully saturated rings. The first kappa shape index (κ1) is 17.3. The van der Waals surface area contributed by atoms with E-state index in [1.165, 1.54) is 7.11 Å². The summed E-state index contributed by atoms with van der Waals surface area (Å²) in [5.74, 6) is 0.300. The van der Waals surface area contributed by atoms with E-state index >= 15 is 0 Å². The van der Waals surface area contributed by atoms with Gasteiger partial charge in [-0.3, -0.25) is 9.59 Å². The first-order valence-electron chi connectivity index (χ1n) is 6.75. The van der Waals surface area contributed by atoms with Crippen LogP contribution in [-0.4, -0.2) is 32.1 Å². The van der Waals surface area contributed by atoms with Crippen LogP contribution in [0.5, 0.6) is 5.75 Å². The maximum atomic E-state index is 11.5. The molecular weight excluding hydrogens is 294 g/mol. The second-order valence-electron chi connectivity index (χ2n) is 4.54. The van der Waals surface area contributed by atoms with E-state index in [9.17, 15) is 9.59 Å². The first-order valence-corrected chi connectivity index (χ1v) is 7.13. The molecule has 6 heteroatoms. The standard InChI is InChI=1S/C15H20ClNO4/c1-11-10-12(5-6-13(11)16)21-9-3-4-14(18)17-8-7-15(19)20-2/h5-6,10H,3-4,7-9H2,1-2H3,(H,17,18). The number of halogens is 1. The molecule has 1 aromatic carbocycles. The van der Waals surface area contributed by atoms with Crippen LogP contribution >= 0.6 is 11.6 Å². The Morgan fingerprint density at radius 3 is 2.71 bits per heavy atom. The first-order chi connectivity index (χ1) is 10.0. The van der Waals surface area contributed by atoms with Gasteiger partial charge in [0.05, 0.1) is 20.1 Å². The lowest BCUT2D eigenvalue weighted by Crippen LogP contribution is -2.26. The van der Waals surface area contributed by atoms with Crippen LogP contribution in [0.25, 0.3) is 0 Å². The van der Waals surface area contributed by atoms with Crippen molar-refractivity contribution in [2.75, 3.05) is 20.3 Å². The van der Waals surface area contributed by atoms with Gasteiger partial charge in [-0.2, -0.15) is 0 Å². The van der Waals surface area contributed by atoms with Gasteiger partial charge >= 0.3 is 5.97 Å². The number of rotatable bonds is 8. The van der Waals surface area contributed by atoms with Crippen LogP contribution in [0, 0.1) is 6.92 Å². The molecule has 0 aliphatic carbocycles. The van der Waals surface area contributed by atoms with Crippen LogP contribution in [0.15, 0.2) is 18.2 Å². The van der Waals surface area contributed by atoms with Crippen LogP contribution in [0.3, 0.4) is 0 Å². The summed E-state index contributed by atoms with van der Waals surface area (Å²) < 4.78 is 10.0. The minimum Gasteiger partial charge on any atom is -0.494 e. The van der Waals surface area contributed by atoms with E-state index in [1.54, 1.807) is 12.1 Å². The fourth-order valence-corrected chi connectivity index (χ4v) is 1.74. The molecule has 0 heterocycles. The zero-order valence-corrected chi connectivity index (χ0v) is 13.0. The van der Waals surface area contributed by atoms with Gasteiger partial charge in [-0.15, -0.1) is 0 Å². The van der Waals surface area contributed by atoms with Crippen LogP contribution in [0.4, 0.5) is 0 Å². The van der Waals surface area contributed by atoms with E-state index in [0.29, 0.717) is 31.0 Å². The number of esters is 1. The lowest BCUT2D eigenvalue weighted by Gasteiger charge is -2.08. The highest BCUT2D eigenvalue weighted by atomic mass is 35.5. The Kier molecular flexibility index (Phi) is 7.61.